The van der Waals surface area contributed by atoms with E-state index in [4.69, 9.17) is 4.74 Å². The van der Waals surface area contributed by atoms with Gasteiger partial charge in [0.2, 0.25) is 10.0 Å². The number of hydrogen-bond acceptors (Lipinski definition) is 5. The van der Waals surface area contributed by atoms with Gasteiger partial charge in [-0.2, -0.15) is 0 Å². The van der Waals surface area contributed by atoms with Crippen LogP contribution >= 0.6 is 0 Å². The monoisotopic (exact) mass is 357 g/mol. The number of rotatable bonds is 8. The summed E-state index contributed by atoms with van der Waals surface area (Å²) in [5.74, 6) is -0.868. The molecule has 0 radical (unpaired) electrons. The second kappa shape index (κ2) is 9.80. The van der Waals surface area contributed by atoms with Crippen molar-refractivity contribution in [1.29, 1.82) is 0 Å². The zero-order valence-electron chi connectivity index (χ0n) is 13.3. The van der Waals surface area contributed by atoms with Gasteiger partial charge in [0.15, 0.2) is 0 Å². The van der Waals surface area contributed by atoms with Crippen LogP contribution in [-0.4, -0.2) is 27.5 Å². The number of carbonyl (C=O) groups is 1. The molecular formula is C16H16NNaO5S. The van der Waals surface area contributed by atoms with Gasteiger partial charge >= 0.3 is 29.6 Å². The van der Waals surface area contributed by atoms with Crippen LogP contribution < -0.4 is 44.1 Å². The number of ether oxygens (including phenoxy) is 1. The van der Waals surface area contributed by atoms with E-state index in [-0.39, 0.29) is 41.0 Å². The predicted molar refractivity (Wildman–Crippen MR) is 82.3 cm³/mol. The molecule has 0 unspecified atom stereocenters. The first-order chi connectivity index (χ1) is 11.0. The van der Waals surface area contributed by atoms with Gasteiger partial charge in [0.05, 0.1) is 10.9 Å². The first-order valence-corrected chi connectivity index (χ1v) is 8.42. The van der Waals surface area contributed by atoms with Gasteiger partial charge in [0.25, 0.3) is 0 Å². The van der Waals surface area contributed by atoms with Crippen molar-refractivity contribution in [3.05, 3.63) is 60.2 Å². The first-order valence-electron chi connectivity index (χ1n) is 6.94. The Morgan fingerprint density at radius 2 is 1.67 bits per heavy atom. The smallest absolute Gasteiger partial charge is 0.546 e. The summed E-state index contributed by atoms with van der Waals surface area (Å²) in [5, 5.41) is 10.3. The van der Waals surface area contributed by atoms with Crippen LogP contribution in [0.4, 0.5) is 0 Å². The second-order valence-electron chi connectivity index (χ2n) is 4.77. The van der Waals surface area contributed by atoms with E-state index in [9.17, 15) is 18.3 Å². The van der Waals surface area contributed by atoms with Crippen molar-refractivity contribution < 1.29 is 52.6 Å². The molecule has 2 rings (SSSR count). The third-order valence-electron chi connectivity index (χ3n) is 3.04. The van der Waals surface area contributed by atoms with Gasteiger partial charge in [0, 0.05) is 6.54 Å². The fraction of sp³-hybridized carbons (Fsp3) is 0.188. The minimum Gasteiger partial charge on any atom is -0.546 e. The van der Waals surface area contributed by atoms with Crippen molar-refractivity contribution in [1.82, 2.24) is 4.72 Å². The first kappa shape index (κ1) is 20.7. The van der Waals surface area contributed by atoms with E-state index in [0.29, 0.717) is 12.2 Å². The van der Waals surface area contributed by atoms with Crippen LogP contribution in [0.3, 0.4) is 0 Å². The Hall–Kier alpha value is -1.38. The normalized spacial score (nSPS) is 10.7. The molecule has 0 aliphatic heterocycles. The van der Waals surface area contributed by atoms with Crippen molar-refractivity contribution in [2.24, 2.45) is 0 Å². The van der Waals surface area contributed by atoms with Gasteiger partial charge in [-0.15, -0.1) is 0 Å². The molecular weight excluding hydrogens is 341 g/mol. The molecule has 0 spiro atoms. The van der Waals surface area contributed by atoms with Gasteiger partial charge in [-0.3, -0.25) is 0 Å². The number of aliphatic carboxylic acids is 1. The average Bonchev–Trinajstić information content (AvgIpc) is 2.55. The summed E-state index contributed by atoms with van der Waals surface area (Å²) in [7, 11) is -3.50. The van der Waals surface area contributed by atoms with Crippen LogP contribution in [0, 0.1) is 0 Å². The number of carboxylic acid groups (broad SMARTS) is 1. The Balaban J connectivity index is 0.00000288. The SMILES string of the molecule is O=C([O-])COc1ccc(CCNS(=O)(=O)c2ccccc2)cc1.[Na+]. The molecule has 6 nitrogen and oxygen atoms in total. The minimum atomic E-state index is -3.50. The molecule has 0 saturated heterocycles. The predicted octanol–water partition coefficient (Wildman–Crippen LogP) is -2.66. The summed E-state index contributed by atoms with van der Waals surface area (Å²) >= 11 is 0. The molecule has 0 atom stereocenters. The fourth-order valence-electron chi connectivity index (χ4n) is 1.91. The van der Waals surface area contributed by atoms with Gasteiger partial charge in [-0.25, -0.2) is 13.1 Å². The van der Waals surface area contributed by atoms with E-state index in [2.05, 4.69) is 4.72 Å². The number of sulfonamides is 1. The molecule has 0 aliphatic rings. The molecule has 2 aromatic rings. The number of carboxylic acids is 1. The number of carbonyl (C=O) groups excluding carboxylic acids is 1. The Bertz CT molecular complexity index is 748. The maximum atomic E-state index is 12.0. The Morgan fingerprint density at radius 1 is 1.04 bits per heavy atom. The van der Waals surface area contributed by atoms with Gasteiger partial charge in [0.1, 0.15) is 12.4 Å². The largest absolute Gasteiger partial charge is 1.00 e. The van der Waals surface area contributed by atoms with E-state index in [1.807, 2.05) is 0 Å². The summed E-state index contributed by atoms with van der Waals surface area (Å²) in [6.07, 6.45) is 0.507. The number of nitrogens with one attached hydrogen (secondary N) is 1. The molecule has 2 aromatic carbocycles. The van der Waals surface area contributed by atoms with E-state index >= 15 is 0 Å². The Kier molecular flexibility index (Phi) is 8.44. The molecule has 24 heavy (non-hydrogen) atoms. The Labute approximate surface area is 163 Å². The summed E-state index contributed by atoms with van der Waals surface area (Å²) in [6, 6.07) is 14.9. The van der Waals surface area contributed by atoms with Crippen molar-refractivity contribution in [2.75, 3.05) is 13.2 Å². The van der Waals surface area contributed by atoms with E-state index in [0.717, 1.165) is 5.56 Å². The van der Waals surface area contributed by atoms with Crippen LogP contribution in [0.5, 0.6) is 5.75 Å². The average molecular weight is 357 g/mol. The maximum Gasteiger partial charge on any atom is 1.00 e. The summed E-state index contributed by atoms with van der Waals surface area (Å²) < 4.78 is 31.6. The molecule has 8 heteroatoms. The summed E-state index contributed by atoms with van der Waals surface area (Å²) in [5.41, 5.74) is 0.904. The molecule has 0 aliphatic carbocycles. The Morgan fingerprint density at radius 3 is 2.25 bits per heavy atom. The number of benzene rings is 2. The van der Waals surface area contributed by atoms with Crippen molar-refractivity contribution in [3.8, 4) is 5.75 Å². The molecule has 0 aromatic heterocycles. The van der Waals surface area contributed by atoms with E-state index < -0.39 is 22.6 Å². The molecule has 0 bridgehead atoms. The van der Waals surface area contributed by atoms with Crippen LogP contribution in [0.2, 0.25) is 0 Å². The van der Waals surface area contributed by atoms with E-state index in [1.54, 1.807) is 42.5 Å². The standard InChI is InChI=1S/C16H17NO5S.Na/c18-16(19)12-22-14-8-6-13(7-9-14)10-11-17-23(20,21)15-4-2-1-3-5-15;/h1-9,17H,10-12H2,(H,18,19);/q;+1/p-1. The third-order valence-corrected chi connectivity index (χ3v) is 4.52. The molecule has 0 fully saturated rings. The van der Waals surface area contributed by atoms with Crippen molar-refractivity contribution >= 4 is 16.0 Å². The minimum absolute atomic E-state index is 0. The summed E-state index contributed by atoms with van der Waals surface area (Å²) in [4.78, 5) is 10.5. The zero-order chi connectivity index (χ0) is 16.7. The molecule has 0 saturated carbocycles. The second-order valence-corrected chi connectivity index (χ2v) is 6.53. The van der Waals surface area contributed by atoms with Crippen LogP contribution in [0.15, 0.2) is 59.5 Å². The molecule has 1 N–H and O–H groups in total. The van der Waals surface area contributed by atoms with Gasteiger partial charge < -0.3 is 14.6 Å². The zero-order valence-corrected chi connectivity index (χ0v) is 16.1. The third kappa shape index (κ3) is 6.62. The molecule has 0 heterocycles. The molecule has 122 valence electrons. The van der Waals surface area contributed by atoms with Gasteiger partial charge in [-0.1, -0.05) is 30.3 Å². The van der Waals surface area contributed by atoms with Crippen molar-refractivity contribution in [2.45, 2.75) is 11.3 Å². The van der Waals surface area contributed by atoms with Crippen LogP contribution in [0.1, 0.15) is 5.56 Å². The van der Waals surface area contributed by atoms with Crippen LogP contribution in [-0.2, 0) is 21.2 Å². The van der Waals surface area contributed by atoms with Crippen molar-refractivity contribution in [3.63, 3.8) is 0 Å². The topological polar surface area (TPSA) is 95.5 Å². The molecule has 0 amide bonds. The van der Waals surface area contributed by atoms with E-state index in [1.165, 1.54) is 12.1 Å². The summed E-state index contributed by atoms with van der Waals surface area (Å²) in [6.45, 7) is -0.243. The fourth-order valence-corrected chi connectivity index (χ4v) is 2.96. The van der Waals surface area contributed by atoms with Crippen LogP contribution in [0.25, 0.3) is 0 Å². The van der Waals surface area contributed by atoms with Gasteiger partial charge in [-0.05, 0) is 36.2 Å². The quantitative estimate of drug-likeness (QED) is 0.521. The number of hydrogen-bond donors (Lipinski definition) is 1. The maximum absolute atomic E-state index is 12.0.